The lowest BCUT2D eigenvalue weighted by molar-refractivity contribution is 0.276. The second-order valence-electron chi connectivity index (χ2n) is 5.22. The van der Waals surface area contributed by atoms with Gasteiger partial charge in [0.15, 0.2) is 5.82 Å². The molecule has 3 N–H and O–H groups in total. The standard InChI is InChI=1S/C13H20ClN3/c1-8-3-5-11(9(2)7-8)16-13-10(15)4-6-12(14)17-13/h4,6,8-9,11H,3,5,7,15H2,1-2H3,(H,16,17). The van der Waals surface area contributed by atoms with E-state index in [1.807, 2.05) is 0 Å². The van der Waals surface area contributed by atoms with E-state index in [1.54, 1.807) is 12.1 Å². The van der Waals surface area contributed by atoms with Crippen molar-refractivity contribution in [1.29, 1.82) is 0 Å². The van der Waals surface area contributed by atoms with Crippen molar-refractivity contribution in [3.8, 4) is 0 Å². The first kappa shape index (κ1) is 12.5. The van der Waals surface area contributed by atoms with Crippen LogP contribution < -0.4 is 11.1 Å². The molecule has 1 aromatic heterocycles. The molecule has 0 amide bonds. The van der Waals surface area contributed by atoms with Gasteiger partial charge in [-0.2, -0.15) is 0 Å². The van der Waals surface area contributed by atoms with E-state index in [9.17, 15) is 0 Å². The number of nitrogen functional groups attached to an aromatic ring is 1. The fraction of sp³-hybridized carbons (Fsp3) is 0.615. The summed E-state index contributed by atoms with van der Waals surface area (Å²) < 4.78 is 0. The molecule has 94 valence electrons. The third-order valence-corrected chi connectivity index (χ3v) is 3.86. The van der Waals surface area contributed by atoms with Crippen molar-refractivity contribution in [2.24, 2.45) is 11.8 Å². The quantitative estimate of drug-likeness (QED) is 0.793. The van der Waals surface area contributed by atoms with Gasteiger partial charge in [-0.1, -0.05) is 25.4 Å². The van der Waals surface area contributed by atoms with Gasteiger partial charge in [0.05, 0.1) is 5.69 Å². The number of nitrogens with two attached hydrogens (primary N) is 1. The monoisotopic (exact) mass is 253 g/mol. The zero-order valence-electron chi connectivity index (χ0n) is 10.4. The van der Waals surface area contributed by atoms with Crippen molar-refractivity contribution < 1.29 is 0 Å². The maximum atomic E-state index is 5.90. The fourth-order valence-electron chi connectivity index (χ4n) is 2.62. The number of anilines is 2. The van der Waals surface area contributed by atoms with E-state index in [2.05, 4.69) is 24.1 Å². The number of nitrogens with one attached hydrogen (secondary N) is 1. The molecule has 2 rings (SSSR count). The second kappa shape index (κ2) is 5.13. The normalized spacial score (nSPS) is 29.0. The Kier molecular flexibility index (Phi) is 3.77. The number of halogens is 1. The Morgan fingerprint density at radius 3 is 2.82 bits per heavy atom. The van der Waals surface area contributed by atoms with Crippen molar-refractivity contribution in [3.63, 3.8) is 0 Å². The molecule has 1 fully saturated rings. The van der Waals surface area contributed by atoms with Crippen molar-refractivity contribution in [2.45, 2.75) is 39.2 Å². The van der Waals surface area contributed by atoms with Crippen LogP contribution in [-0.4, -0.2) is 11.0 Å². The summed E-state index contributed by atoms with van der Waals surface area (Å²) in [6, 6.07) is 3.97. The van der Waals surface area contributed by atoms with Crippen molar-refractivity contribution >= 4 is 23.1 Å². The van der Waals surface area contributed by atoms with Gasteiger partial charge in [-0.25, -0.2) is 4.98 Å². The minimum Gasteiger partial charge on any atom is -0.396 e. The minimum absolute atomic E-state index is 0.458. The number of rotatable bonds is 2. The first-order valence-corrected chi connectivity index (χ1v) is 6.62. The lowest BCUT2D eigenvalue weighted by Gasteiger charge is -2.33. The van der Waals surface area contributed by atoms with E-state index in [0.717, 1.165) is 11.7 Å². The molecular weight excluding hydrogens is 234 g/mol. The molecule has 1 heterocycles. The SMILES string of the molecule is CC1CCC(Nc2nc(Cl)ccc2N)C(C)C1. The molecule has 1 aromatic rings. The van der Waals surface area contributed by atoms with Crippen LogP contribution in [-0.2, 0) is 0 Å². The molecule has 1 aliphatic carbocycles. The summed E-state index contributed by atoms with van der Waals surface area (Å²) in [4.78, 5) is 4.25. The number of hydrogen-bond acceptors (Lipinski definition) is 3. The molecular formula is C13H20ClN3. The van der Waals surface area contributed by atoms with Gasteiger partial charge in [0.25, 0.3) is 0 Å². The van der Waals surface area contributed by atoms with Gasteiger partial charge >= 0.3 is 0 Å². The zero-order valence-corrected chi connectivity index (χ0v) is 11.2. The van der Waals surface area contributed by atoms with Crippen LogP contribution in [0.3, 0.4) is 0 Å². The molecule has 4 heteroatoms. The smallest absolute Gasteiger partial charge is 0.151 e. The summed E-state index contributed by atoms with van der Waals surface area (Å²) in [5.74, 6) is 2.20. The van der Waals surface area contributed by atoms with Crippen LogP contribution in [0.5, 0.6) is 0 Å². The molecule has 3 atom stereocenters. The lowest BCUT2D eigenvalue weighted by atomic mass is 9.80. The predicted octanol–water partition coefficient (Wildman–Crippen LogP) is 3.55. The summed E-state index contributed by atoms with van der Waals surface area (Å²) in [7, 11) is 0. The van der Waals surface area contributed by atoms with Crippen molar-refractivity contribution in [3.05, 3.63) is 17.3 Å². The maximum absolute atomic E-state index is 5.90. The van der Waals surface area contributed by atoms with Crippen molar-refractivity contribution in [2.75, 3.05) is 11.1 Å². The van der Waals surface area contributed by atoms with Gasteiger partial charge in [-0.15, -0.1) is 0 Å². The van der Waals surface area contributed by atoms with Crippen molar-refractivity contribution in [1.82, 2.24) is 4.98 Å². The highest BCUT2D eigenvalue weighted by Crippen LogP contribution is 2.31. The molecule has 1 aliphatic rings. The third kappa shape index (κ3) is 3.03. The summed E-state index contributed by atoms with van der Waals surface area (Å²) in [6.45, 7) is 4.60. The highest BCUT2D eigenvalue weighted by Gasteiger charge is 2.25. The van der Waals surface area contributed by atoms with E-state index in [4.69, 9.17) is 17.3 Å². The Bertz CT molecular complexity index is 394. The Morgan fingerprint density at radius 1 is 1.35 bits per heavy atom. The Labute approximate surface area is 108 Å². The van der Waals surface area contributed by atoms with Gasteiger partial charge in [0, 0.05) is 6.04 Å². The van der Waals surface area contributed by atoms with Crippen LogP contribution >= 0.6 is 11.6 Å². The summed E-state index contributed by atoms with van der Waals surface area (Å²) in [6.07, 6.45) is 3.70. The molecule has 0 aromatic carbocycles. The molecule has 0 bridgehead atoms. The number of aromatic nitrogens is 1. The highest BCUT2D eigenvalue weighted by molar-refractivity contribution is 6.29. The van der Waals surface area contributed by atoms with Crippen LogP contribution in [0.15, 0.2) is 12.1 Å². The predicted molar refractivity (Wildman–Crippen MR) is 73.2 cm³/mol. The molecule has 17 heavy (non-hydrogen) atoms. The Morgan fingerprint density at radius 2 is 2.12 bits per heavy atom. The molecule has 0 spiro atoms. The van der Waals surface area contributed by atoms with Crippen LogP contribution in [0.1, 0.15) is 33.1 Å². The van der Waals surface area contributed by atoms with E-state index in [1.165, 1.54) is 19.3 Å². The number of nitrogens with zero attached hydrogens (tertiary/aromatic N) is 1. The molecule has 0 aliphatic heterocycles. The average molecular weight is 254 g/mol. The largest absolute Gasteiger partial charge is 0.396 e. The topological polar surface area (TPSA) is 50.9 Å². The first-order chi connectivity index (χ1) is 8.06. The van der Waals surface area contributed by atoms with Crippen LogP contribution in [0, 0.1) is 11.8 Å². The molecule has 1 saturated carbocycles. The van der Waals surface area contributed by atoms with Gasteiger partial charge < -0.3 is 11.1 Å². The maximum Gasteiger partial charge on any atom is 0.151 e. The van der Waals surface area contributed by atoms with Gasteiger partial charge in [0.1, 0.15) is 5.15 Å². The molecule has 0 radical (unpaired) electrons. The Hall–Kier alpha value is -0.960. The summed E-state index contributed by atoms with van der Waals surface area (Å²) in [5, 5.41) is 3.92. The van der Waals surface area contributed by atoms with Crippen LogP contribution in [0.4, 0.5) is 11.5 Å². The van der Waals surface area contributed by atoms with E-state index < -0.39 is 0 Å². The molecule has 3 nitrogen and oxygen atoms in total. The third-order valence-electron chi connectivity index (χ3n) is 3.65. The van der Waals surface area contributed by atoms with E-state index >= 15 is 0 Å². The van der Waals surface area contributed by atoms with Crippen LogP contribution in [0.25, 0.3) is 0 Å². The van der Waals surface area contributed by atoms with Gasteiger partial charge in [-0.05, 0) is 43.2 Å². The second-order valence-corrected chi connectivity index (χ2v) is 5.61. The summed E-state index contributed by atoms with van der Waals surface area (Å²) in [5.41, 5.74) is 6.56. The first-order valence-electron chi connectivity index (χ1n) is 6.25. The Balaban J connectivity index is 2.07. The number of hydrogen-bond donors (Lipinski definition) is 2. The van der Waals surface area contributed by atoms with E-state index in [-0.39, 0.29) is 0 Å². The molecule has 0 saturated heterocycles. The lowest BCUT2D eigenvalue weighted by Crippen LogP contribution is -2.33. The molecule has 3 unspecified atom stereocenters. The fourth-order valence-corrected chi connectivity index (χ4v) is 2.76. The minimum atomic E-state index is 0.458. The average Bonchev–Trinajstić information content (AvgIpc) is 2.27. The number of pyridine rings is 1. The van der Waals surface area contributed by atoms with Crippen LogP contribution in [0.2, 0.25) is 5.15 Å². The van der Waals surface area contributed by atoms with E-state index in [0.29, 0.717) is 22.8 Å². The summed E-state index contributed by atoms with van der Waals surface area (Å²) >= 11 is 5.89. The van der Waals surface area contributed by atoms with Gasteiger partial charge in [0.2, 0.25) is 0 Å². The highest BCUT2D eigenvalue weighted by atomic mass is 35.5. The zero-order chi connectivity index (χ0) is 12.4. The van der Waals surface area contributed by atoms with Gasteiger partial charge in [-0.3, -0.25) is 0 Å².